The number of nitrogens with two attached hydrogens (primary N) is 1. The fourth-order valence-corrected chi connectivity index (χ4v) is 1.79. The van der Waals surface area contributed by atoms with Gasteiger partial charge in [0.05, 0.1) is 9.99 Å². The Bertz CT molecular complexity index is 475. The smallest absolute Gasteiger partial charge is 0.129 e. The molecule has 2 aromatic rings. The standard InChI is InChI=1S/C9H11BrN4/c1-5(2)14-7-4-3-6(11)8(10)9(7)12-13-14/h3-5H,11H2,1-2H3. The molecule has 74 valence electrons. The van der Waals surface area contributed by atoms with Crippen molar-refractivity contribution >= 4 is 32.7 Å². The Labute approximate surface area is 90.2 Å². The molecule has 4 nitrogen and oxygen atoms in total. The number of hydrogen-bond donors (Lipinski definition) is 1. The van der Waals surface area contributed by atoms with Crippen molar-refractivity contribution in [3.05, 3.63) is 16.6 Å². The second-order valence-electron chi connectivity index (χ2n) is 3.46. The Balaban J connectivity index is 2.77. The number of anilines is 1. The molecule has 0 fully saturated rings. The van der Waals surface area contributed by atoms with E-state index >= 15 is 0 Å². The summed E-state index contributed by atoms with van der Waals surface area (Å²) in [5.74, 6) is 0. The highest BCUT2D eigenvalue weighted by atomic mass is 79.9. The Hall–Kier alpha value is -1.10. The summed E-state index contributed by atoms with van der Waals surface area (Å²) in [6.45, 7) is 4.14. The molecule has 0 aliphatic rings. The molecule has 0 bridgehead atoms. The number of hydrogen-bond acceptors (Lipinski definition) is 3. The molecule has 2 N–H and O–H groups in total. The summed E-state index contributed by atoms with van der Waals surface area (Å²) in [4.78, 5) is 0. The monoisotopic (exact) mass is 254 g/mol. The van der Waals surface area contributed by atoms with Gasteiger partial charge >= 0.3 is 0 Å². The third kappa shape index (κ3) is 1.28. The molecule has 1 heterocycles. The molecule has 14 heavy (non-hydrogen) atoms. The van der Waals surface area contributed by atoms with Crippen molar-refractivity contribution in [2.24, 2.45) is 0 Å². The van der Waals surface area contributed by atoms with Crippen LogP contribution in [-0.4, -0.2) is 15.0 Å². The van der Waals surface area contributed by atoms with Gasteiger partial charge in [-0.2, -0.15) is 0 Å². The minimum absolute atomic E-state index is 0.301. The molecular weight excluding hydrogens is 244 g/mol. The quantitative estimate of drug-likeness (QED) is 0.796. The SMILES string of the molecule is CC(C)n1nnc2c(Br)c(N)ccc21. The van der Waals surface area contributed by atoms with Gasteiger partial charge in [0.15, 0.2) is 0 Å². The van der Waals surface area contributed by atoms with E-state index in [1.807, 2.05) is 16.8 Å². The van der Waals surface area contributed by atoms with Crippen LogP contribution in [0, 0.1) is 0 Å². The van der Waals surface area contributed by atoms with Crippen molar-refractivity contribution in [3.8, 4) is 0 Å². The van der Waals surface area contributed by atoms with Crippen LogP contribution in [0.2, 0.25) is 0 Å². The Kier molecular flexibility index (Phi) is 2.19. The van der Waals surface area contributed by atoms with Crippen molar-refractivity contribution in [2.45, 2.75) is 19.9 Å². The molecule has 0 radical (unpaired) electrons. The third-order valence-electron chi connectivity index (χ3n) is 2.10. The maximum absolute atomic E-state index is 5.75. The van der Waals surface area contributed by atoms with E-state index in [0.717, 1.165) is 15.5 Å². The number of halogens is 1. The van der Waals surface area contributed by atoms with Gasteiger partial charge in [0, 0.05) is 11.7 Å². The summed E-state index contributed by atoms with van der Waals surface area (Å²) in [6, 6.07) is 4.10. The molecule has 1 aromatic carbocycles. The first-order chi connectivity index (χ1) is 6.61. The lowest BCUT2D eigenvalue weighted by Crippen LogP contribution is -2.02. The van der Waals surface area contributed by atoms with Crippen LogP contribution >= 0.6 is 15.9 Å². The zero-order valence-electron chi connectivity index (χ0n) is 8.03. The first kappa shape index (κ1) is 9.45. The van der Waals surface area contributed by atoms with Gasteiger partial charge in [-0.25, -0.2) is 4.68 Å². The maximum atomic E-state index is 5.75. The molecule has 0 amide bonds. The van der Waals surface area contributed by atoms with Crippen LogP contribution in [0.3, 0.4) is 0 Å². The summed E-state index contributed by atoms with van der Waals surface area (Å²) in [5.41, 5.74) is 8.25. The first-order valence-corrected chi connectivity index (χ1v) is 5.19. The summed E-state index contributed by atoms with van der Waals surface area (Å²) >= 11 is 3.40. The molecule has 0 aliphatic carbocycles. The van der Waals surface area contributed by atoms with Gasteiger partial charge in [-0.1, -0.05) is 5.21 Å². The van der Waals surface area contributed by atoms with Crippen molar-refractivity contribution in [1.82, 2.24) is 15.0 Å². The van der Waals surface area contributed by atoms with Gasteiger partial charge in [0.25, 0.3) is 0 Å². The van der Waals surface area contributed by atoms with Gasteiger partial charge in [-0.15, -0.1) is 5.10 Å². The van der Waals surface area contributed by atoms with Gasteiger partial charge in [-0.3, -0.25) is 0 Å². The number of nitrogens with zero attached hydrogens (tertiary/aromatic N) is 3. The van der Waals surface area contributed by atoms with Crippen molar-refractivity contribution in [3.63, 3.8) is 0 Å². The Morgan fingerprint density at radius 2 is 2.14 bits per heavy atom. The van der Waals surface area contributed by atoms with Gasteiger partial charge in [-0.05, 0) is 41.9 Å². The highest BCUT2D eigenvalue weighted by Gasteiger charge is 2.11. The van der Waals surface area contributed by atoms with Crippen LogP contribution in [0.1, 0.15) is 19.9 Å². The van der Waals surface area contributed by atoms with Gasteiger partial charge in [0.2, 0.25) is 0 Å². The summed E-state index contributed by atoms with van der Waals surface area (Å²) in [5, 5.41) is 8.16. The predicted molar refractivity (Wildman–Crippen MR) is 60.0 cm³/mol. The van der Waals surface area contributed by atoms with E-state index < -0.39 is 0 Å². The number of rotatable bonds is 1. The van der Waals surface area contributed by atoms with Crippen LogP contribution < -0.4 is 5.73 Å². The second-order valence-corrected chi connectivity index (χ2v) is 4.26. The van der Waals surface area contributed by atoms with Crippen LogP contribution in [0.15, 0.2) is 16.6 Å². The van der Waals surface area contributed by atoms with Crippen LogP contribution in [0.5, 0.6) is 0 Å². The minimum Gasteiger partial charge on any atom is -0.398 e. The average molecular weight is 255 g/mol. The topological polar surface area (TPSA) is 56.7 Å². The molecule has 1 aromatic heterocycles. The highest BCUT2D eigenvalue weighted by molar-refractivity contribution is 9.10. The molecule has 5 heteroatoms. The summed E-state index contributed by atoms with van der Waals surface area (Å²) < 4.78 is 2.70. The van der Waals surface area contributed by atoms with E-state index in [4.69, 9.17) is 5.73 Å². The summed E-state index contributed by atoms with van der Waals surface area (Å²) in [7, 11) is 0. The molecular formula is C9H11BrN4. The Morgan fingerprint density at radius 1 is 1.43 bits per heavy atom. The predicted octanol–water partition coefficient (Wildman–Crippen LogP) is 2.36. The number of benzene rings is 1. The number of aromatic nitrogens is 3. The third-order valence-corrected chi connectivity index (χ3v) is 2.94. The first-order valence-electron chi connectivity index (χ1n) is 4.40. The van der Waals surface area contributed by atoms with Crippen molar-refractivity contribution < 1.29 is 0 Å². The molecule has 0 spiro atoms. The normalized spacial score (nSPS) is 11.4. The zero-order chi connectivity index (χ0) is 10.3. The second kappa shape index (κ2) is 3.24. The van der Waals surface area contributed by atoms with Crippen LogP contribution in [0.4, 0.5) is 5.69 Å². The van der Waals surface area contributed by atoms with Gasteiger partial charge < -0.3 is 5.73 Å². The van der Waals surface area contributed by atoms with E-state index in [0.29, 0.717) is 11.7 Å². The molecule has 0 aliphatic heterocycles. The Morgan fingerprint density at radius 3 is 2.79 bits per heavy atom. The maximum Gasteiger partial charge on any atom is 0.129 e. The van der Waals surface area contributed by atoms with Gasteiger partial charge in [0.1, 0.15) is 5.52 Å². The lowest BCUT2D eigenvalue weighted by molar-refractivity contribution is 0.530. The van der Waals surface area contributed by atoms with Crippen molar-refractivity contribution in [2.75, 3.05) is 5.73 Å². The van der Waals surface area contributed by atoms with Crippen molar-refractivity contribution in [1.29, 1.82) is 0 Å². The molecule has 0 saturated heterocycles. The fraction of sp³-hybridized carbons (Fsp3) is 0.333. The van der Waals surface area contributed by atoms with E-state index in [2.05, 4.69) is 40.1 Å². The average Bonchev–Trinajstić information content (AvgIpc) is 2.55. The molecule has 0 saturated carbocycles. The molecule has 0 unspecified atom stereocenters. The zero-order valence-corrected chi connectivity index (χ0v) is 9.62. The highest BCUT2D eigenvalue weighted by Crippen LogP contribution is 2.28. The molecule has 2 rings (SSSR count). The van der Waals surface area contributed by atoms with E-state index in [1.54, 1.807) is 0 Å². The lowest BCUT2D eigenvalue weighted by atomic mass is 10.2. The van der Waals surface area contributed by atoms with E-state index in [1.165, 1.54) is 0 Å². The van der Waals surface area contributed by atoms with E-state index in [9.17, 15) is 0 Å². The fourth-order valence-electron chi connectivity index (χ4n) is 1.37. The molecule has 0 atom stereocenters. The minimum atomic E-state index is 0.301. The lowest BCUT2D eigenvalue weighted by Gasteiger charge is -2.05. The largest absolute Gasteiger partial charge is 0.398 e. The summed E-state index contributed by atoms with van der Waals surface area (Å²) in [6.07, 6.45) is 0. The van der Waals surface area contributed by atoms with Crippen LogP contribution in [0.25, 0.3) is 11.0 Å². The number of nitrogen functional groups attached to an aromatic ring is 1. The number of fused-ring (bicyclic) bond motifs is 1. The van der Waals surface area contributed by atoms with E-state index in [-0.39, 0.29) is 0 Å². The van der Waals surface area contributed by atoms with Crippen LogP contribution in [-0.2, 0) is 0 Å².